The van der Waals surface area contributed by atoms with Crippen molar-refractivity contribution in [2.24, 2.45) is 0 Å². The van der Waals surface area contributed by atoms with Crippen molar-refractivity contribution in [3.05, 3.63) is 59.5 Å². The summed E-state index contributed by atoms with van der Waals surface area (Å²) < 4.78 is 9.68. The number of carbonyl (C=O) groups excluding carboxylic acids is 2. The lowest BCUT2D eigenvalue weighted by Gasteiger charge is -2.34. The summed E-state index contributed by atoms with van der Waals surface area (Å²) in [5, 5.41) is 9.92. The van der Waals surface area contributed by atoms with Crippen LogP contribution in [0.2, 0.25) is 0 Å². The Bertz CT molecular complexity index is 973. The molecule has 1 aromatic carbocycles. The maximum absolute atomic E-state index is 12.6. The molecule has 31 heavy (non-hydrogen) atoms. The van der Waals surface area contributed by atoms with Gasteiger partial charge in [0.1, 0.15) is 5.70 Å². The number of carboxylic acid groups (broad SMARTS) is 1. The largest absolute Gasteiger partial charge is 0.478 e. The van der Waals surface area contributed by atoms with Crippen molar-refractivity contribution >= 4 is 29.3 Å². The Morgan fingerprint density at radius 2 is 1.65 bits per heavy atom. The fourth-order valence-electron chi connectivity index (χ4n) is 3.52. The Kier molecular flexibility index (Phi) is 6.76. The maximum Gasteiger partial charge on any atom is 0.355 e. The number of likely N-dealkylation sites (N-methyl/N-ethyl adjacent to an activating group) is 1. The molecule has 0 unspecified atom stereocenters. The van der Waals surface area contributed by atoms with E-state index in [1.165, 1.54) is 31.4 Å². The minimum atomic E-state index is -1.15. The quantitative estimate of drug-likeness (QED) is 0.703. The summed E-state index contributed by atoms with van der Waals surface area (Å²) in [6.07, 6.45) is 6.09. The van der Waals surface area contributed by atoms with E-state index in [2.05, 4.69) is 9.80 Å². The van der Waals surface area contributed by atoms with Gasteiger partial charge in [-0.15, -0.1) is 0 Å². The van der Waals surface area contributed by atoms with Gasteiger partial charge in [-0.1, -0.05) is 6.08 Å². The molecule has 0 amide bonds. The number of benzene rings is 1. The molecule has 164 valence electrons. The molecule has 2 aliphatic rings. The summed E-state index contributed by atoms with van der Waals surface area (Å²) in [6, 6.07) is 5.03. The highest BCUT2D eigenvalue weighted by Crippen LogP contribution is 2.32. The molecule has 9 nitrogen and oxygen atoms in total. The molecular weight excluding hydrogens is 402 g/mol. The summed E-state index contributed by atoms with van der Waals surface area (Å²) in [6.45, 7) is 3.31. The molecule has 1 saturated heterocycles. The molecule has 2 aliphatic heterocycles. The van der Waals surface area contributed by atoms with Crippen molar-refractivity contribution in [3.63, 3.8) is 0 Å². The Morgan fingerprint density at radius 3 is 2.26 bits per heavy atom. The number of piperazine rings is 1. The van der Waals surface area contributed by atoms with Crippen LogP contribution in [0, 0.1) is 0 Å². The predicted molar refractivity (Wildman–Crippen MR) is 115 cm³/mol. The number of carboxylic acids is 1. The Balaban J connectivity index is 2.11. The smallest absolute Gasteiger partial charge is 0.355 e. The number of anilines is 2. The summed E-state index contributed by atoms with van der Waals surface area (Å²) in [5.41, 5.74) is 0.830. The van der Waals surface area contributed by atoms with Crippen LogP contribution in [0.1, 0.15) is 10.4 Å². The van der Waals surface area contributed by atoms with Gasteiger partial charge in [0.15, 0.2) is 0 Å². The van der Waals surface area contributed by atoms with E-state index in [1.54, 1.807) is 24.3 Å². The second-order valence-electron chi connectivity index (χ2n) is 7.11. The summed E-state index contributed by atoms with van der Waals surface area (Å²) in [5.74, 6) is -2.69. The molecule has 9 heteroatoms. The third-order valence-electron chi connectivity index (χ3n) is 5.23. The number of carbonyl (C=O) groups is 3. The van der Waals surface area contributed by atoms with Gasteiger partial charge in [0, 0.05) is 38.1 Å². The van der Waals surface area contributed by atoms with Crippen LogP contribution in [0.5, 0.6) is 0 Å². The van der Waals surface area contributed by atoms with Crippen molar-refractivity contribution in [2.45, 2.75) is 0 Å². The van der Waals surface area contributed by atoms with E-state index in [-0.39, 0.29) is 22.5 Å². The van der Waals surface area contributed by atoms with E-state index in [1.807, 2.05) is 13.1 Å². The van der Waals surface area contributed by atoms with Gasteiger partial charge in [-0.3, -0.25) is 0 Å². The summed E-state index contributed by atoms with van der Waals surface area (Å²) in [7, 11) is 4.44. The average molecular weight is 427 g/mol. The third-order valence-corrected chi connectivity index (χ3v) is 5.23. The van der Waals surface area contributed by atoms with Crippen LogP contribution in [-0.4, -0.2) is 75.4 Å². The van der Waals surface area contributed by atoms with Gasteiger partial charge in [-0.2, -0.15) is 0 Å². The first kappa shape index (κ1) is 22.1. The van der Waals surface area contributed by atoms with Crippen molar-refractivity contribution in [2.75, 3.05) is 57.2 Å². The number of aromatic carboxylic acids is 1. The van der Waals surface area contributed by atoms with Crippen LogP contribution in [0.4, 0.5) is 11.4 Å². The Morgan fingerprint density at radius 1 is 0.968 bits per heavy atom. The number of allylic oxidation sites excluding steroid dienone is 2. The summed E-state index contributed by atoms with van der Waals surface area (Å²) >= 11 is 0. The van der Waals surface area contributed by atoms with E-state index in [4.69, 9.17) is 9.47 Å². The second-order valence-corrected chi connectivity index (χ2v) is 7.11. The number of hydrogen-bond donors (Lipinski definition) is 1. The molecule has 0 spiro atoms. The zero-order chi connectivity index (χ0) is 22.5. The van der Waals surface area contributed by atoms with Crippen LogP contribution in [0.3, 0.4) is 0 Å². The van der Waals surface area contributed by atoms with Gasteiger partial charge < -0.3 is 29.3 Å². The zero-order valence-corrected chi connectivity index (χ0v) is 17.7. The first-order valence-electron chi connectivity index (χ1n) is 9.73. The lowest BCUT2D eigenvalue weighted by atomic mass is 10.1. The van der Waals surface area contributed by atoms with Crippen molar-refractivity contribution in [3.8, 4) is 0 Å². The van der Waals surface area contributed by atoms with Crippen LogP contribution in [0.25, 0.3) is 0 Å². The molecule has 0 saturated carbocycles. The molecule has 0 aliphatic carbocycles. The molecule has 3 rings (SSSR count). The number of ether oxygens (including phenoxy) is 2. The molecule has 1 fully saturated rings. The average Bonchev–Trinajstić information content (AvgIpc) is 3.01. The van der Waals surface area contributed by atoms with Crippen LogP contribution >= 0.6 is 0 Å². The van der Waals surface area contributed by atoms with E-state index in [9.17, 15) is 19.5 Å². The highest BCUT2D eigenvalue weighted by atomic mass is 16.5. The van der Waals surface area contributed by atoms with Crippen LogP contribution in [-0.2, 0) is 19.1 Å². The zero-order valence-electron chi connectivity index (χ0n) is 17.7. The normalized spacial score (nSPS) is 16.9. The van der Waals surface area contributed by atoms with Crippen molar-refractivity contribution in [1.82, 2.24) is 4.90 Å². The monoisotopic (exact) mass is 427 g/mol. The van der Waals surface area contributed by atoms with E-state index >= 15 is 0 Å². The minimum Gasteiger partial charge on any atom is -0.478 e. The number of methoxy groups -OCH3 is 2. The fourth-order valence-corrected chi connectivity index (χ4v) is 3.52. The first-order valence-corrected chi connectivity index (χ1v) is 9.73. The topological polar surface area (TPSA) is 99.6 Å². The molecular formula is C22H25N3O6. The second kappa shape index (κ2) is 9.48. The molecule has 0 bridgehead atoms. The number of esters is 2. The van der Waals surface area contributed by atoms with E-state index in [0.29, 0.717) is 0 Å². The molecule has 1 aromatic rings. The number of hydrogen-bond acceptors (Lipinski definition) is 8. The van der Waals surface area contributed by atoms with Crippen molar-refractivity contribution in [1.29, 1.82) is 0 Å². The fraction of sp³-hybridized carbons (Fsp3) is 0.318. The highest BCUT2D eigenvalue weighted by Gasteiger charge is 2.30. The van der Waals surface area contributed by atoms with Gasteiger partial charge in [-0.25, -0.2) is 14.4 Å². The minimum absolute atomic E-state index is 0.00593. The van der Waals surface area contributed by atoms with Gasteiger partial charge in [0.25, 0.3) is 0 Å². The SMILES string of the molecule is COC(=O)C1=C(C(=O)OC)N(c2ccc(N3CCN(C)CC3)cc2C(=O)O)C=CC=C1. The maximum atomic E-state index is 12.6. The first-order chi connectivity index (χ1) is 14.9. The van der Waals surface area contributed by atoms with Gasteiger partial charge in [0.05, 0.1) is 31.0 Å². The highest BCUT2D eigenvalue weighted by molar-refractivity contribution is 6.07. The van der Waals surface area contributed by atoms with Crippen LogP contribution in [0.15, 0.2) is 53.9 Å². The predicted octanol–water partition coefficient (Wildman–Crippen LogP) is 1.63. The summed E-state index contributed by atoms with van der Waals surface area (Å²) in [4.78, 5) is 42.7. The molecule has 0 radical (unpaired) electrons. The van der Waals surface area contributed by atoms with Gasteiger partial charge in [0.2, 0.25) is 0 Å². The lowest BCUT2D eigenvalue weighted by Crippen LogP contribution is -2.44. The van der Waals surface area contributed by atoms with Crippen molar-refractivity contribution < 1.29 is 29.0 Å². The number of rotatable bonds is 5. The molecule has 0 aromatic heterocycles. The van der Waals surface area contributed by atoms with Crippen LogP contribution < -0.4 is 9.80 Å². The third kappa shape index (κ3) is 4.61. The van der Waals surface area contributed by atoms with E-state index < -0.39 is 17.9 Å². The standard InChI is InChI=1S/C22H25N3O6/c1-23-10-12-24(13-11-23)15-7-8-18(17(14-15)20(26)27)25-9-5-4-6-16(21(28)30-2)19(25)22(29)31-3/h4-9,14H,10-13H2,1-3H3,(H,26,27). The van der Waals surface area contributed by atoms with Gasteiger partial charge in [-0.05, 0) is 37.4 Å². The number of nitrogens with zero attached hydrogens (tertiary/aromatic N) is 3. The van der Waals surface area contributed by atoms with E-state index in [0.717, 1.165) is 31.9 Å². The lowest BCUT2D eigenvalue weighted by molar-refractivity contribution is -0.139. The Labute approximate surface area is 180 Å². The Hall–Kier alpha value is -3.59. The molecule has 0 atom stereocenters. The molecule has 2 heterocycles. The van der Waals surface area contributed by atoms with Gasteiger partial charge >= 0.3 is 17.9 Å². The molecule has 1 N–H and O–H groups in total.